The molecule has 0 unspecified atom stereocenters. The van der Waals surface area contributed by atoms with E-state index in [2.05, 4.69) is 40.9 Å². The molecule has 0 fully saturated rings. The third-order valence-corrected chi connectivity index (χ3v) is 6.60. The van der Waals surface area contributed by atoms with Crippen LogP contribution in [0.3, 0.4) is 0 Å². The van der Waals surface area contributed by atoms with Crippen molar-refractivity contribution in [3.8, 4) is 5.88 Å². The summed E-state index contributed by atoms with van der Waals surface area (Å²) in [7, 11) is 0. The quantitative estimate of drug-likeness (QED) is 0.195. The summed E-state index contributed by atoms with van der Waals surface area (Å²) in [6, 6.07) is 19.6. The van der Waals surface area contributed by atoms with E-state index in [-0.39, 0.29) is 17.2 Å². The van der Waals surface area contributed by atoms with Gasteiger partial charge in [-0.2, -0.15) is 0 Å². The number of hydrogen-bond acceptors (Lipinski definition) is 5. The fraction of sp³-hybridized carbons (Fsp3) is 0.233. The first-order valence-corrected chi connectivity index (χ1v) is 12.5. The molecule has 1 heterocycles. The number of nitrogens with zero attached hydrogens (tertiary/aromatic N) is 2. The number of carbonyl (C=O) groups is 2. The number of H-pyrrole nitrogens is 1. The minimum atomic E-state index is -0.590. The van der Waals surface area contributed by atoms with E-state index in [1.807, 2.05) is 12.1 Å². The number of amides is 1. The van der Waals surface area contributed by atoms with Crippen molar-refractivity contribution in [2.45, 2.75) is 26.7 Å². The van der Waals surface area contributed by atoms with Crippen LogP contribution in [-0.2, 0) is 6.42 Å². The monoisotopic (exact) mass is 496 g/mol. The standard InChI is InChI=1S/C30H32N4O3/c1-3-34(4-2)16-6-7-20-10-13-24(14-11-20)32-19-26-25-15-12-22(18-27(25)33-30(26)37)28(35)21-8-5-9-23(17-21)29(31)36/h5,8-15,17-19,33,37H,3-4,6-7,16H2,1-2H3,(H2,31,36). The highest BCUT2D eigenvalue weighted by Gasteiger charge is 2.15. The number of primary amides is 1. The van der Waals surface area contributed by atoms with Crippen molar-refractivity contribution in [3.05, 3.63) is 94.5 Å². The molecule has 3 aromatic carbocycles. The van der Waals surface area contributed by atoms with Gasteiger partial charge in [-0.15, -0.1) is 0 Å². The smallest absolute Gasteiger partial charge is 0.248 e. The van der Waals surface area contributed by atoms with Crippen molar-refractivity contribution in [1.29, 1.82) is 0 Å². The van der Waals surface area contributed by atoms with Gasteiger partial charge >= 0.3 is 0 Å². The zero-order valence-corrected chi connectivity index (χ0v) is 21.2. The maximum Gasteiger partial charge on any atom is 0.248 e. The first-order valence-electron chi connectivity index (χ1n) is 12.5. The molecule has 190 valence electrons. The summed E-state index contributed by atoms with van der Waals surface area (Å²) in [6.45, 7) is 7.63. The summed E-state index contributed by atoms with van der Waals surface area (Å²) in [5.74, 6) is -0.855. The molecule has 4 N–H and O–H groups in total. The van der Waals surface area contributed by atoms with E-state index >= 15 is 0 Å². The topological polar surface area (TPSA) is 112 Å². The molecule has 0 spiro atoms. The van der Waals surface area contributed by atoms with E-state index in [4.69, 9.17) is 5.73 Å². The second-order valence-electron chi connectivity index (χ2n) is 8.98. The van der Waals surface area contributed by atoms with Gasteiger partial charge in [0.05, 0.1) is 11.3 Å². The number of carbonyl (C=O) groups excluding carboxylic acids is 2. The molecule has 7 heteroatoms. The van der Waals surface area contributed by atoms with Crippen LogP contribution < -0.4 is 5.73 Å². The molecule has 0 bridgehead atoms. The summed E-state index contributed by atoms with van der Waals surface area (Å²) in [6.07, 6.45) is 3.77. The molecule has 7 nitrogen and oxygen atoms in total. The van der Waals surface area contributed by atoms with Crippen LogP contribution >= 0.6 is 0 Å². The van der Waals surface area contributed by atoms with Crippen LogP contribution in [-0.4, -0.2) is 52.5 Å². The molecule has 4 rings (SSSR count). The van der Waals surface area contributed by atoms with Gasteiger partial charge in [-0.1, -0.05) is 50.2 Å². The summed E-state index contributed by atoms with van der Waals surface area (Å²) >= 11 is 0. The Morgan fingerprint density at radius 1 is 0.973 bits per heavy atom. The van der Waals surface area contributed by atoms with Gasteiger partial charge in [0.15, 0.2) is 11.7 Å². The molecule has 0 aliphatic heterocycles. The van der Waals surface area contributed by atoms with Gasteiger partial charge in [0.2, 0.25) is 5.91 Å². The first kappa shape index (κ1) is 25.9. The second kappa shape index (κ2) is 11.7. The second-order valence-corrected chi connectivity index (χ2v) is 8.98. The van der Waals surface area contributed by atoms with Gasteiger partial charge in [0.1, 0.15) is 0 Å². The Hall–Kier alpha value is -4.23. The average molecular weight is 497 g/mol. The van der Waals surface area contributed by atoms with Crippen LogP contribution in [0, 0.1) is 0 Å². The molecule has 0 radical (unpaired) electrons. The van der Waals surface area contributed by atoms with E-state index in [0.717, 1.165) is 43.5 Å². The van der Waals surface area contributed by atoms with E-state index < -0.39 is 5.91 Å². The number of rotatable bonds is 11. The normalized spacial score (nSPS) is 11.5. The van der Waals surface area contributed by atoms with Crippen LogP contribution in [0.15, 0.2) is 71.7 Å². The van der Waals surface area contributed by atoms with Gasteiger partial charge in [0, 0.05) is 33.8 Å². The van der Waals surface area contributed by atoms with Crippen LogP contribution in [0.5, 0.6) is 5.88 Å². The molecule has 0 atom stereocenters. The first-order chi connectivity index (χ1) is 17.9. The summed E-state index contributed by atoms with van der Waals surface area (Å²) < 4.78 is 0. The fourth-order valence-electron chi connectivity index (χ4n) is 4.39. The number of fused-ring (bicyclic) bond motifs is 1. The van der Waals surface area contributed by atoms with E-state index in [9.17, 15) is 14.7 Å². The molecular formula is C30H32N4O3. The van der Waals surface area contributed by atoms with Crippen molar-refractivity contribution >= 4 is 34.5 Å². The molecule has 0 aliphatic rings. The molecular weight excluding hydrogens is 464 g/mol. The number of ketones is 1. The Morgan fingerprint density at radius 3 is 2.38 bits per heavy atom. The van der Waals surface area contributed by atoms with Gasteiger partial charge in [0.25, 0.3) is 0 Å². The maximum absolute atomic E-state index is 13.0. The highest BCUT2D eigenvalue weighted by Crippen LogP contribution is 2.28. The van der Waals surface area contributed by atoms with Crippen molar-refractivity contribution in [2.75, 3.05) is 19.6 Å². The lowest BCUT2D eigenvalue weighted by molar-refractivity contribution is 0.1000. The maximum atomic E-state index is 13.0. The number of aromatic amines is 1. The number of aromatic nitrogens is 1. The molecule has 4 aromatic rings. The number of aromatic hydroxyl groups is 1. The summed E-state index contributed by atoms with van der Waals surface area (Å²) in [4.78, 5) is 34.3. The number of hydrogen-bond donors (Lipinski definition) is 3. The predicted molar refractivity (Wildman–Crippen MR) is 148 cm³/mol. The Balaban J connectivity index is 1.48. The summed E-state index contributed by atoms with van der Waals surface area (Å²) in [5, 5.41) is 11.2. The Bertz CT molecular complexity index is 1430. The molecule has 0 aliphatic carbocycles. The Kier molecular flexibility index (Phi) is 8.15. The largest absolute Gasteiger partial charge is 0.494 e. The van der Waals surface area contributed by atoms with Gasteiger partial charge in [-0.05, 0) is 68.4 Å². The number of nitrogens with one attached hydrogen (secondary N) is 1. The molecule has 37 heavy (non-hydrogen) atoms. The van der Waals surface area contributed by atoms with Crippen molar-refractivity contribution in [2.24, 2.45) is 10.7 Å². The van der Waals surface area contributed by atoms with Crippen LogP contribution in [0.4, 0.5) is 5.69 Å². The predicted octanol–water partition coefficient (Wildman–Crippen LogP) is 5.23. The van der Waals surface area contributed by atoms with E-state index in [0.29, 0.717) is 22.2 Å². The molecule has 0 saturated heterocycles. The highest BCUT2D eigenvalue weighted by atomic mass is 16.3. The lowest BCUT2D eigenvalue weighted by Crippen LogP contribution is -2.24. The zero-order valence-electron chi connectivity index (χ0n) is 21.2. The number of aryl methyl sites for hydroxylation is 1. The van der Waals surface area contributed by atoms with Crippen molar-refractivity contribution in [3.63, 3.8) is 0 Å². The van der Waals surface area contributed by atoms with Gasteiger partial charge in [-0.3, -0.25) is 14.6 Å². The van der Waals surface area contributed by atoms with E-state index in [1.54, 1.807) is 42.6 Å². The number of aliphatic imine (C=N–C) groups is 1. The Labute approximate surface area is 216 Å². The number of benzene rings is 3. The fourth-order valence-corrected chi connectivity index (χ4v) is 4.39. The van der Waals surface area contributed by atoms with Crippen molar-refractivity contribution < 1.29 is 14.7 Å². The number of nitrogens with two attached hydrogens (primary N) is 1. The molecule has 0 saturated carbocycles. The van der Waals surface area contributed by atoms with Crippen LogP contribution in [0.25, 0.3) is 10.9 Å². The zero-order chi connectivity index (χ0) is 26.4. The molecule has 1 aromatic heterocycles. The van der Waals surface area contributed by atoms with E-state index in [1.165, 1.54) is 11.6 Å². The average Bonchev–Trinajstić information content (AvgIpc) is 3.24. The van der Waals surface area contributed by atoms with Crippen LogP contribution in [0.2, 0.25) is 0 Å². The lowest BCUT2D eigenvalue weighted by Gasteiger charge is -2.17. The van der Waals surface area contributed by atoms with Crippen LogP contribution in [0.1, 0.15) is 57.7 Å². The SMILES string of the molecule is CCN(CC)CCCc1ccc(N=Cc2c(O)[nH]c3cc(C(=O)c4cccc(C(N)=O)c4)ccc23)cc1. The third-order valence-electron chi connectivity index (χ3n) is 6.60. The Morgan fingerprint density at radius 2 is 1.68 bits per heavy atom. The van der Waals surface area contributed by atoms with Crippen molar-refractivity contribution in [1.82, 2.24) is 9.88 Å². The minimum absolute atomic E-state index is 0.0212. The highest BCUT2D eigenvalue weighted by molar-refractivity contribution is 6.12. The lowest BCUT2D eigenvalue weighted by atomic mass is 10.00. The van der Waals surface area contributed by atoms with Gasteiger partial charge in [-0.25, -0.2) is 0 Å². The minimum Gasteiger partial charge on any atom is -0.494 e. The summed E-state index contributed by atoms with van der Waals surface area (Å²) in [5.41, 5.74) is 9.63. The third kappa shape index (κ3) is 6.13. The van der Waals surface area contributed by atoms with Gasteiger partial charge < -0.3 is 20.7 Å². The molecule has 1 amide bonds.